The van der Waals surface area contributed by atoms with Crippen LogP contribution in [0, 0.1) is 6.92 Å². The Kier molecular flexibility index (Phi) is 6.80. The van der Waals surface area contributed by atoms with Crippen LogP contribution in [0.3, 0.4) is 0 Å². The van der Waals surface area contributed by atoms with Gasteiger partial charge in [-0.1, -0.05) is 36.4 Å². The first-order valence-corrected chi connectivity index (χ1v) is 11.7. The minimum Gasteiger partial charge on any atom is -0.395 e. The number of phosphoric ester groups is 1. The minimum absolute atomic E-state index is 0.0525. The third-order valence-electron chi connectivity index (χ3n) is 5.00. The number of aromatic amines is 1. The Morgan fingerprint density at radius 3 is 2.18 bits per heavy atom. The lowest BCUT2D eigenvalue weighted by Gasteiger charge is -2.23. The molecule has 1 aliphatic heterocycles. The number of nitrogens with one attached hydrogen (secondary N) is 1. The molecule has 11 heteroatoms. The summed E-state index contributed by atoms with van der Waals surface area (Å²) in [7, 11) is -4.25. The summed E-state index contributed by atoms with van der Waals surface area (Å²) in [6, 6.07) is 16.8. The van der Waals surface area contributed by atoms with Crippen LogP contribution < -0.4 is 20.3 Å². The van der Waals surface area contributed by atoms with Gasteiger partial charge in [0, 0.05) is 18.2 Å². The molecule has 4 rings (SSSR count). The van der Waals surface area contributed by atoms with Crippen molar-refractivity contribution in [1.29, 1.82) is 0 Å². The van der Waals surface area contributed by atoms with Crippen LogP contribution >= 0.6 is 7.82 Å². The molecule has 1 aromatic heterocycles. The highest BCUT2D eigenvalue weighted by atomic mass is 31.2. The molecule has 0 radical (unpaired) electrons. The smallest absolute Gasteiger partial charge is 0.395 e. The Bertz CT molecular complexity index is 1200. The maximum atomic E-state index is 13.7. The Morgan fingerprint density at radius 2 is 1.64 bits per heavy atom. The number of aromatic nitrogens is 2. The zero-order valence-corrected chi connectivity index (χ0v) is 18.6. The second kappa shape index (κ2) is 9.76. The van der Waals surface area contributed by atoms with Crippen molar-refractivity contribution in [3.05, 3.63) is 93.3 Å². The lowest BCUT2D eigenvalue weighted by molar-refractivity contribution is -0.0447. The molecular formula is C22H23N2O8P. The molecule has 2 aromatic carbocycles. The topological polar surface area (TPSA) is 129 Å². The highest BCUT2D eigenvalue weighted by molar-refractivity contribution is 7.49. The van der Waals surface area contributed by atoms with E-state index in [9.17, 15) is 19.3 Å². The number of ether oxygens (including phenoxy) is 1. The highest BCUT2D eigenvalue weighted by Gasteiger charge is 2.44. The SMILES string of the molecule is Cc1cn([C@H]2C[C@H](OP(=O)(Oc3ccccc3)Oc3ccccc3)[C@@H](CO)O2)c(=O)[nH]c1=O. The van der Waals surface area contributed by atoms with Gasteiger partial charge in [-0.3, -0.25) is 18.9 Å². The van der Waals surface area contributed by atoms with Crippen molar-refractivity contribution in [2.24, 2.45) is 0 Å². The van der Waals surface area contributed by atoms with E-state index in [1.807, 2.05) is 0 Å². The third kappa shape index (κ3) is 5.43. The number of H-pyrrole nitrogens is 1. The van der Waals surface area contributed by atoms with E-state index in [0.717, 1.165) is 0 Å². The molecule has 1 aliphatic rings. The van der Waals surface area contributed by atoms with Crippen molar-refractivity contribution < 1.29 is 28.0 Å². The molecule has 0 amide bonds. The van der Waals surface area contributed by atoms with Gasteiger partial charge in [-0.2, -0.15) is 0 Å². The summed E-state index contributed by atoms with van der Waals surface area (Å²) in [6.07, 6.45) is -1.30. The average molecular weight is 474 g/mol. The predicted molar refractivity (Wildman–Crippen MR) is 118 cm³/mol. The second-order valence-corrected chi connectivity index (χ2v) is 8.90. The lowest BCUT2D eigenvalue weighted by Crippen LogP contribution is -2.33. The first-order chi connectivity index (χ1) is 15.9. The van der Waals surface area contributed by atoms with Crippen molar-refractivity contribution in [2.75, 3.05) is 6.61 Å². The average Bonchev–Trinajstić information content (AvgIpc) is 3.19. The van der Waals surface area contributed by atoms with Crippen LogP contribution in [-0.4, -0.2) is 33.5 Å². The van der Waals surface area contributed by atoms with Gasteiger partial charge >= 0.3 is 13.5 Å². The molecule has 2 heterocycles. The van der Waals surface area contributed by atoms with Crippen molar-refractivity contribution in [3.8, 4) is 11.5 Å². The summed E-state index contributed by atoms with van der Waals surface area (Å²) in [6.45, 7) is 1.09. The summed E-state index contributed by atoms with van der Waals surface area (Å²) in [5.41, 5.74) is -0.858. The van der Waals surface area contributed by atoms with E-state index in [1.54, 1.807) is 67.6 Å². The van der Waals surface area contributed by atoms with E-state index >= 15 is 0 Å². The first-order valence-electron chi connectivity index (χ1n) is 10.2. The maximum absolute atomic E-state index is 13.7. The number of aryl methyl sites for hydroxylation is 1. The molecule has 10 nitrogen and oxygen atoms in total. The first kappa shape index (κ1) is 23.0. The van der Waals surface area contributed by atoms with Gasteiger partial charge in [-0.25, -0.2) is 9.36 Å². The number of rotatable bonds is 8. The monoisotopic (exact) mass is 474 g/mol. The fourth-order valence-corrected chi connectivity index (χ4v) is 4.83. The Labute approximate surface area is 188 Å². The van der Waals surface area contributed by atoms with Crippen molar-refractivity contribution in [1.82, 2.24) is 9.55 Å². The number of phosphoric acid groups is 1. The van der Waals surface area contributed by atoms with E-state index in [0.29, 0.717) is 5.56 Å². The molecule has 1 fully saturated rings. The number of hydrogen-bond acceptors (Lipinski definition) is 8. The van der Waals surface area contributed by atoms with Crippen molar-refractivity contribution >= 4 is 7.82 Å². The lowest BCUT2D eigenvalue weighted by atomic mass is 10.2. The number of benzene rings is 2. The molecule has 1 saturated heterocycles. The molecule has 174 valence electrons. The van der Waals surface area contributed by atoms with Gasteiger partial charge in [-0.15, -0.1) is 0 Å². The maximum Gasteiger partial charge on any atom is 0.587 e. The summed E-state index contributed by atoms with van der Waals surface area (Å²) in [5, 5.41) is 9.82. The van der Waals surface area contributed by atoms with Gasteiger partial charge < -0.3 is 18.9 Å². The zero-order chi connectivity index (χ0) is 23.4. The predicted octanol–water partition coefficient (Wildman–Crippen LogP) is 2.78. The molecule has 33 heavy (non-hydrogen) atoms. The molecule has 3 atom stereocenters. The van der Waals surface area contributed by atoms with Gasteiger partial charge in [0.1, 0.15) is 29.9 Å². The van der Waals surface area contributed by atoms with Crippen molar-refractivity contribution in [3.63, 3.8) is 0 Å². The number of aliphatic hydroxyl groups excluding tert-OH is 1. The summed E-state index contributed by atoms with van der Waals surface area (Å²) >= 11 is 0. The van der Waals surface area contributed by atoms with E-state index in [2.05, 4.69) is 4.98 Å². The Morgan fingerprint density at radius 1 is 1.06 bits per heavy atom. The number of aliphatic hydroxyl groups is 1. The number of hydrogen-bond donors (Lipinski definition) is 2. The van der Waals surface area contributed by atoms with Crippen LogP contribution in [0.1, 0.15) is 18.2 Å². The third-order valence-corrected chi connectivity index (χ3v) is 6.40. The quantitative estimate of drug-likeness (QED) is 0.477. The van der Waals surface area contributed by atoms with Gasteiger partial charge in [0.15, 0.2) is 0 Å². The van der Waals surface area contributed by atoms with Gasteiger partial charge in [-0.05, 0) is 31.2 Å². The molecule has 0 saturated carbocycles. The van der Waals surface area contributed by atoms with Crippen LogP contribution in [0.15, 0.2) is 76.4 Å². The molecule has 3 aromatic rings. The molecule has 0 spiro atoms. The van der Waals surface area contributed by atoms with Crippen LogP contribution in [0.4, 0.5) is 0 Å². The Balaban J connectivity index is 1.60. The van der Waals surface area contributed by atoms with E-state index < -0.39 is 44.1 Å². The highest BCUT2D eigenvalue weighted by Crippen LogP contribution is 2.52. The van der Waals surface area contributed by atoms with Crippen LogP contribution in [-0.2, 0) is 13.8 Å². The fraction of sp³-hybridized carbons (Fsp3) is 0.273. The van der Waals surface area contributed by atoms with Crippen LogP contribution in [0.5, 0.6) is 11.5 Å². The second-order valence-electron chi connectivity index (χ2n) is 7.43. The summed E-state index contributed by atoms with van der Waals surface area (Å²) in [5.74, 6) is 0.528. The summed E-state index contributed by atoms with van der Waals surface area (Å²) < 4.78 is 37.7. The molecule has 2 N–H and O–H groups in total. The molecule has 0 aliphatic carbocycles. The standard InChI is InChI=1S/C22H23N2O8P/c1-15-13-24(22(27)23-21(15)26)20-12-18(19(14-25)29-20)32-33(28,30-16-8-4-2-5-9-16)31-17-10-6-3-7-11-17/h2-11,13,18-20,25H,12,14H2,1H3,(H,23,26,27)/t18-,19+,20+/m0/s1. The van der Waals surface area contributed by atoms with E-state index in [-0.39, 0.29) is 17.9 Å². The van der Waals surface area contributed by atoms with Gasteiger partial charge in [0.2, 0.25) is 0 Å². The zero-order valence-electron chi connectivity index (χ0n) is 17.7. The molecule has 0 bridgehead atoms. The minimum atomic E-state index is -4.25. The van der Waals surface area contributed by atoms with Crippen molar-refractivity contribution in [2.45, 2.75) is 31.8 Å². The normalized spacial score (nSPS) is 20.5. The van der Waals surface area contributed by atoms with E-state index in [1.165, 1.54) is 10.8 Å². The Hall–Kier alpha value is -3.17. The summed E-state index contributed by atoms with van der Waals surface area (Å²) in [4.78, 5) is 26.2. The van der Waals surface area contributed by atoms with Gasteiger partial charge in [0.25, 0.3) is 5.56 Å². The van der Waals surface area contributed by atoms with Gasteiger partial charge in [0.05, 0.1) is 6.61 Å². The molecule has 0 unspecified atom stereocenters. The molecular weight excluding hydrogens is 451 g/mol. The van der Waals surface area contributed by atoms with E-state index in [4.69, 9.17) is 18.3 Å². The van der Waals surface area contributed by atoms with Crippen LogP contribution in [0.25, 0.3) is 0 Å². The van der Waals surface area contributed by atoms with Crippen LogP contribution in [0.2, 0.25) is 0 Å². The largest absolute Gasteiger partial charge is 0.587 e. The number of nitrogens with zero attached hydrogens (tertiary/aromatic N) is 1. The fourth-order valence-electron chi connectivity index (χ4n) is 3.39. The number of para-hydroxylation sites is 2.